The van der Waals surface area contributed by atoms with Crippen molar-refractivity contribution in [2.75, 3.05) is 45.8 Å². The second-order valence-electron chi connectivity index (χ2n) is 5.91. The first-order valence-electron chi connectivity index (χ1n) is 7.69. The van der Waals surface area contributed by atoms with Crippen LogP contribution in [0.3, 0.4) is 0 Å². The van der Waals surface area contributed by atoms with Crippen molar-refractivity contribution in [3.8, 4) is 0 Å². The molecule has 2 aliphatic rings. The summed E-state index contributed by atoms with van der Waals surface area (Å²) in [6.45, 7) is 5.52. The van der Waals surface area contributed by atoms with Gasteiger partial charge in [-0.2, -0.15) is 0 Å². The maximum atomic E-state index is 12.1. The Balaban J connectivity index is 1.46. The molecule has 3 rings (SSSR count). The number of carbonyl (C=O) groups excluding carboxylic acids is 1. The molecule has 0 aromatic heterocycles. The van der Waals surface area contributed by atoms with Gasteiger partial charge in [-0.05, 0) is 5.56 Å². The summed E-state index contributed by atoms with van der Waals surface area (Å²) < 4.78 is 0. The van der Waals surface area contributed by atoms with Crippen LogP contribution in [-0.2, 0) is 4.79 Å². The monoisotopic (exact) mass is 289 g/mol. The second kappa shape index (κ2) is 6.56. The first-order valence-corrected chi connectivity index (χ1v) is 7.69. The standard InChI is InChI=1S/C16H23N3O2/c20-15(13-4-2-1-3-5-13)12-18-6-8-19(9-7-18)16(21)14-10-17-11-14/h1-5,14-15,17,20H,6-12H2. The third-order valence-corrected chi connectivity index (χ3v) is 4.43. The Morgan fingerprint density at radius 2 is 1.86 bits per heavy atom. The summed E-state index contributed by atoms with van der Waals surface area (Å²) in [4.78, 5) is 16.4. The molecular formula is C16H23N3O2. The Labute approximate surface area is 125 Å². The van der Waals surface area contributed by atoms with Crippen LogP contribution < -0.4 is 5.32 Å². The van der Waals surface area contributed by atoms with E-state index >= 15 is 0 Å². The zero-order valence-electron chi connectivity index (χ0n) is 12.2. The number of hydrogen-bond donors (Lipinski definition) is 2. The number of nitrogens with one attached hydrogen (secondary N) is 1. The van der Waals surface area contributed by atoms with E-state index in [0.29, 0.717) is 6.54 Å². The van der Waals surface area contributed by atoms with Crippen molar-refractivity contribution in [1.82, 2.24) is 15.1 Å². The Hall–Kier alpha value is -1.43. The maximum absolute atomic E-state index is 12.1. The quantitative estimate of drug-likeness (QED) is 0.824. The van der Waals surface area contributed by atoms with Gasteiger partial charge in [0, 0.05) is 45.8 Å². The van der Waals surface area contributed by atoms with Gasteiger partial charge in [0.15, 0.2) is 0 Å². The molecule has 1 unspecified atom stereocenters. The van der Waals surface area contributed by atoms with Gasteiger partial charge in [-0.3, -0.25) is 9.69 Å². The molecule has 1 aromatic rings. The number of carbonyl (C=O) groups is 1. The normalized spacial score (nSPS) is 21.9. The average Bonchev–Trinajstić information content (AvgIpc) is 2.47. The SMILES string of the molecule is O=C(C1CNC1)N1CCN(CC(O)c2ccccc2)CC1. The molecule has 5 nitrogen and oxygen atoms in total. The highest BCUT2D eigenvalue weighted by molar-refractivity contribution is 5.80. The smallest absolute Gasteiger partial charge is 0.228 e. The van der Waals surface area contributed by atoms with Gasteiger partial charge in [-0.25, -0.2) is 0 Å². The van der Waals surface area contributed by atoms with Gasteiger partial charge < -0.3 is 15.3 Å². The van der Waals surface area contributed by atoms with E-state index in [2.05, 4.69) is 10.2 Å². The minimum Gasteiger partial charge on any atom is -0.387 e. The number of benzene rings is 1. The van der Waals surface area contributed by atoms with Gasteiger partial charge in [0.1, 0.15) is 0 Å². The first kappa shape index (κ1) is 14.5. The van der Waals surface area contributed by atoms with Crippen molar-refractivity contribution in [3.63, 3.8) is 0 Å². The molecule has 1 atom stereocenters. The third-order valence-electron chi connectivity index (χ3n) is 4.43. The Morgan fingerprint density at radius 1 is 1.19 bits per heavy atom. The molecule has 2 N–H and O–H groups in total. The molecule has 1 amide bonds. The zero-order valence-corrected chi connectivity index (χ0v) is 12.2. The number of nitrogens with zero attached hydrogens (tertiary/aromatic N) is 2. The maximum Gasteiger partial charge on any atom is 0.228 e. The third kappa shape index (κ3) is 3.43. The molecule has 0 bridgehead atoms. The van der Waals surface area contributed by atoms with Gasteiger partial charge in [-0.15, -0.1) is 0 Å². The number of hydrogen-bond acceptors (Lipinski definition) is 4. The van der Waals surface area contributed by atoms with Gasteiger partial charge in [-0.1, -0.05) is 30.3 Å². The highest BCUT2D eigenvalue weighted by Gasteiger charge is 2.31. The lowest BCUT2D eigenvalue weighted by atomic mass is 10.0. The summed E-state index contributed by atoms with van der Waals surface area (Å²) in [7, 11) is 0. The number of piperazine rings is 1. The molecule has 2 saturated heterocycles. The minimum absolute atomic E-state index is 0.187. The van der Waals surface area contributed by atoms with Crippen LogP contribution in [0.15, 0.2) is 30.3 Å². The number of amides is 1. The molecule has 0 spiro atoms. The fourth-order valence-corrected chi connectivity index (χ4v) is 2.90. The first-order chi connectivity index (χ1) is 10.2. The number of aliphatic hydroxyl groups excluding tert-OH is 1. The van der Waals surface area contributed by atoms with Crippen molar-refractivity contribution < 1.29 is 9.90 Å². The molecule has 0 saturated carbocycles. The van der Waals surface area contributed by atoms with Crippen LogP contribution in [0.5, 0.6) is 0 Å². The lowest BCUT2D eigenvalue weighted by Crippen LogP contribution is -2.56. The van der Waals surface area contributed by atoms with Crippen molar-refractivity contribution in [2.45, 2.75) is 6.10 Å². The summed E-state index contributed by atoms with van der Waals surface area (Å²) >= 11 is 0. The van der Waals surface area contributed by atoms with Crippen LogP contribution in [0.25, 0.3) is 0 Å². The molecule has 2 fully saturated rings. The van der Waals surface area contributed by atoms with Gasteiger partial charge in [0.2, 0.25) is 5.91 Å². The largest absolute Gasteiger partial charge is 0.387 e. The lowest BCUT2D eigenvalue weighted by Gasteiger charge is -2.39. The summed E-state index contributed by atoms with van der Waals surface area (Å²) in [6, 6.07) is 9.75. The molecule has 2 heterocycles. The van der Waals surface area contributed by atoms with Crippen LogP contribution in [0.1, 0.15) is 11.7 Å². The van der Waals surface area contributed by atoms with Crippen LogP contribution in [-0.4, -0.2) is 66.6 Å². The van der Waals surface area contributed by atoms with Gasteiger partial charge >= 0.3 is 0 Å². The van der Waals surface area contributed by atoms with E-state index in [9.17, 15) is 9.90 Å². The van der Waals surface area contributed by atoms with Gasteiger partial charge in [0.05, 0.1) is 12.0 Å². The number of rotatable bonds is 4. The molecule has 0 aliphatic carbocycles. The lowest BCUT2D eigenvalue weighted by molar-refractivity contribution is -0.139. The van der Waals surface area contributed by atoms with Crippen LogP contribution in [0.2, 0.25) is 0 Å². The van der Waals surface area contributed by atoms with E-state index in [1.54, 1.807) is 0 Å². The molecule has 0 radical (unpaired) electrons. The molecular weight excluding hydrogens is 266 g/mol. The van der Waals surface area contributed by atoms with Crippen molar-refractivity contribution in [1.29, 1.82) is 0 Å². The number of β-amino-alcohol motifs (C(OH)–C–C–N with tert-alkyl or cyclic N) is 1. The van der Waals surface area contributed by atoms with Crippen LogP contribution in [0, 0.1) is 5.92 Å². The summed E-state index contributed by atoms with van der Waals surface area (Å²) in [6.07, 6.45) is -0.454. The van der Waals surface area contributed by atoms with Crippen molar-refractivity contribution in [2.24, 2.45) is 5.92 Å². The zero-order chi connectivity index (χ0) is 14.7. The Bertz CT molecular complexity index is 468. The molecule has 2 aliphatic heterocycles. The van der Waals surface area contributed by atoms with E-state index < -0.39 is 6.10 Å². The predicted molar refractivity (Wildman–Crippen MR) is 80.8 cm³/mol. The topological polar surface area (TPSA) is 55.8 Å². The summed E-state index contributed by atoms with van der Waals surface area (Å²) in [5.74, 6) is 0.475. The van der Waals surface area contributed by atoms with Crippen LogP contribution in [0.4, 0.5) is 0 Å². The number of aliphatic hydroxyl groups is 1. The molecule has 21 heavy (non-hydrogen) atoms. The predicted octanol–water partition coefficient (Wildman–Crippen LogP) is 0.0836. The van der Waals surface area contributed by atoms with E-state index in [1.807, 2.05) is 35.2 Å². The van der Waals surface area contributed by atoms with Crippen molar-refractivity contribution in [3.05, 3.63) is 35.9 Å². The Kier molecular flexibility index (Phi) is 4.53. The van der Waals surface area contributed by atoms with Crippen molar-refractivity contribution >= 4 is 5.91 Å². The van der Waals surface area contributed by atoms with E-state index in [4.69, 9.17) is 0 Å². The summed E-state index contributed by atoms with van der Waals surface area (Å²) in [5, 5.41) is 13.4. The fraction of sp³-hybridized carbons (Fsp3) is 0.562. The molecule has 1 aromatic carbocycles. The summed E-state index contributed by atoms with van der Waals surface area (Å²) in [5.41, 5.74) is 0.955. The fourth-order valence-electron chi connectivity index (χ4n) is 2.90. The van der Waals surface area contributed by atoms with Crippen LogP contribution >= 0.6 is 0 Å². The Morgan fingerprint density at radius 3 is 2.43 bits per heavy atom. The van der Waals surface area contributed by atoms with E-state index in [-0.39, 0.29) is 11.8 Å². The second-order valence-corrected chi connectivity index (χ2v) is 5.91. The minimum atomic E-state index is -0.454. The average molecular weight is 289 g/mol. The van der Waals surface area contributed by atoms with E-state index in [0.717, 1.165) is 44.8 Å². The molecule has 5 heteroatoms. The van der Waals surface area contributed by atoms with E-state index in [1.165, 1.54) is 0 Å². The highest BCUT2D eigenvalue weighted by atomic mass is 16.3. The highest BCUT2D eigenvalue weighted by Crippen LogP contribution is 2.16. The van der Waals surface area contributed by atoms with Gasteiger partial charge in [0.25, 0.3) is 0 Å². The molecule has 114 valence electrons.